The summed E-state index contributed by atoms with van der Waals surface area (Å²) in [5, 5.41) is 13.2. The molecule has 8 nitrogen and oxygen atoms in total. The van der Waals surface area contributed by atoms with Crippen molar-refractivity contribution in [1.82, 2.24) is 19.7 Å². The van der Waals surface area contributed by atoms with Gasteiger partial charge in [0.1, 0.15) is 23.9 Å². The summed E-state index contributed by atoms with van der Waals surface area (Å²) in [6, 6.07) is 21.4. The van der Waals surface area contributed by atoms with Gasteiger partial charge in [0.2, 0.25) is 0 Å². The fourth-order valence-electron chi connectivity index (χ4n) is 5.66. The SMILES string of the molecule is COc1cccc2c(C(=O)NCc3ccccc3C#N)cn(CCCN3CCCN(CCOc4ccc(F)cc4)CC3)c12. The molecule has 1 fully saturated rings. The number of aryl methyl sites for hydroxylation is 1. The smallest absolute Gasteiger partial charge is 0.253 e. The summed E-state index contributed by atoms with van der Waals surface area (Å²) in [4.78, 5) is 18.2. The van der Waals surface area contributed by atoms with Crippen LogP contribution in [-0.2, 0) is 13.1 Å². The third-order valence-electron chi connectivity index (χ3n) is 7.95. The number of ether oxygens (including phenoxy) is 2. The van der Waals surface area contributed by atoms with Crippen molar-refractivity contribution in [3.05, 3.63) is 95.4 Å². The van der Waals surface area contributed by atoms with Crippen LogP contribution < -0.4 is 14.8 Å². The molecule has 1 aromatic heterocycles. The Bertz CT molecular complexity index is 1560. The number of methoxy groups -OCH3 is 1. The Balaban J connectivity index is 1.16. The summed E-state index contributed by atoms with van der Waals surface area (Å²) >= 11 is 0. The average Bonchev–Trinajstić information content (AvgIpc) is 3.26. The zero-order chi connectivity index (χ0) is 30.0. The third-order valence-corrected chi connectivity index (χ3v) is 7.95. The fraction of sp³-hybridized carbons (Fsp3) is 0.353. The van der Waals surface area contributed by atoms with Gasteiger partial charge in [0.05, 0.1) is 29.8 Å². The minimum atomic E-state index is -0.259. The summed E-state index contributed by atoms with van der Waals surface area (Å²) in [6.07, 6.45) is 3.95. The van der Waals surface area contributed by atoms with Crippen molar-refractivity contribution in [1.29, 1.82) is 5.26 Å². The molecule has 9 heteroatoms. The van der Waals surface area contributed by atoms with Crippen molar-refractivity contribution >= 4 is 16.8 Å². The minimum Gasteiger partial charge on any atom is -0.495 e. The Morgan fingerprint density at radius 1 is 0.953 bits per heavy atom. The summed E-state index contributed by atoms with van der Waals surface area (Å²) in [5.74, 6) is 0.988. The molecule has 0 bridgehead atoms. The number of rotatable bonds is 12. The van der Waals surface area contributed by atoms with Crippen molar-refractivity contribution in [3.8, 4) is 17.6 Å². The molecule has 0 radical (unpaired) electrons. The largest absolute Gasteiger partial charge is 0.495 e. The molecule has 3 aromatic carbocycles. The molecule has 0 spiro atoms. The zero-order valence-corrected chi connectivity index (χ0v) is 24.6. The van der Waals surface area contributed by atoms with Crippen LogP contribution in [0, 0.1) is 17.1 Å². The first-order valence-corrected chi connectivity index (χ1v) is 14.8. The molecule has 5 rings (SSSR count). The highest BCUT2D eigenvalue weighted by atomic mass is 19.1. The molecule has 2 heterocycles. The molecule has 1 aliphatic rings. The molecule has 43 heavy (non-hydrogen) atoms. The van der Waals surface area contributed by atoms with E-state index in [2.05, 4.69) is 25.8 Å². The molecule has 4 aromatic rings. The molecule has 1 saturated heterocycles. The predicted octanol–water partition coefficient (Wildman–Crippen LogP) is 5.07. The van der Waals surface area contributed by atoms with E-state index in [1.165, 1.54) is 12.1 Å². The van der Waals surface area contributed by atoms with E-state index >= 15 is 0 Å². The summed E-state index contributed by atoms with van der Waals surface area (Å²) in [6.45, 7) is 7.46. The number of nitrogens with one attached hydrogen (secondary N) is 1. The molecular weight excluding hydrogens is 545 g/mol. The first-order valence-electron chi connectivity index (χ1n) is 14.8. The van der Waals surface area contributed by atoms with Gasteiger partial charge in [-0.2, -0.15) is 5.26 Å². The van der Waals surface area contributed by atoms with Crippen molar-refractivity contribution in [2.24, 2.45) is 0 Å². The molecule has 0 aliphatic carbocycles. The van der Waals surface area contributed by atoms with Crippen LogP contribution in [0.4, 0.5) is 4.39 Å². The van der Waals surface area contributed by atoms with E-state index in [9.17, 15) is 14.4 Å². The molecule has 0 atom stereocenters. The van der Waals surface area contributed by atoms with Gasteiger partial charge in [-0.05, 0) is 74.4 Å². The van der Waals surface area contributed by atoms with E-state index in [0.29, 0.717) is 23.5 Å². The zero-order valence-electron chi connectivity index (χ0n) is 24.6. The monoisotopic (exact) mass is 583 g/mol. The number of carbonyl (C=O) groups excluding carboxylic acids is 1. The van der Waals surface area contributed by atoms with Crippen LogP contribution in [-0.4, -0.2) is 73.3 Å². The van der Waals surface area contributed by atoms with Crippen molar-refractivity contribution in [2.75, 3.05) is 53.0 Å². The number of nitriles is 1. The van der Waals surface area contributed by atoms with Crippen molar-refractivity contribution in [2.45, 2.75) is 25.9 Å². The number of aromatic nitrogens is 1. The van der Waals surface area contributed by atoms with E-state index in [1.54, 1.807) is 25.3 Å². The lowest BCUT2D eigenvalue weighted by Gasteiger charge is -2.22. The Morgan fingerprint density at radius 2 is 1.72 bits per heavy atom. The van der Waals surface area contributed by atoms with Crippen LogP contribution in [0.5, 0.6) is 11.5 Å². The van der Waals surface area contributed by atoms with E-state index in [4.69, 9.17) is 9.47 Å². The molecule has 0 saturated carbocycles. The Labute approximate surface area is 252 Å². The van der Waals surface area contributed by atoms with Gasteiger partial charge >= 0.3 is 0 Å². The number of nitrogens with zero attached hydrogens (tertiary/aromatic N) is 4. The van der Waals surface area contributed by atoms with E-state index in [1.807, 2.05) is 42.6 Å². The molecule has 1 amide bonds. The number of amides is 1. The van der Waals surface area contributed by atoms with Crippen LogP contribution in [0.25, 0.3) is 10.9 Å². The number of hydrogen-bond acceptors (Lipinski definition) is 6. The third kappa shape index (κ3) is 7.72. The number of carbonyl (C=O) groups is 1. The van der Waals surface area contributed by atoms with E-state index in [-0.39, 0.29) is 18.3 Å². The van der Waals surface area contributed by atoms with Gasteiger partial charge in [-0.15, -0.1) is 0 Å². The highest BCUT2D eigenvalue weighted by molar-refractivity contribution is 6.08. The van der Waals surface area contributed by atoms with Gasteiger partial charge in [0, 0.05) is 44.3 Å². The highest BCUT2D eigenvalue weighted by Gasteiger charge is 2.19. The van der Waals surface area contributed by atoms with Gasteiger partial charge in [-0.3, -0.25) is 9.69 Å². The van der Waals surface area contributed by atoms with E-state index in [0.717, 1.165) is 80.9 Å². The average molecular weight is 584 g/mol. The van der Waals surface area contributed by atoms with Gasteiger partial charge in [0.15, 0.2) is 0 Å². The second kappa shape index (κ2) is 14.7. The molecular formula is C34H38FN5O3. The first-order chi connectivity index (χ1) is 21.1. The van der Waals surface area contributed by atoms with Gasteiger partial charge in [-0.25, -0.2) is 4.39 Å². The van der Waals surface area contributed by atoms with Crippen LogP contribution in [0.3, 0.4) is 0 Å². The topological polar surface area (TPSA) is 82.8 Å². The lowest BCUT2D eigenvalue weighted by Crippen LogP contribution is -2.33. The number of fused-ring (bicyclic) bond motifs is 1. The maximum atomic E-state index is 13.3. The van der Waals surface area contributed by atoms with Gasteiger partial charge < -0.3 is 24.3 Å². The van der Waals surface area contributed by atoms with Crippen LogP contribution in [0.15, 0.2) is 72.9 Å². The van der Waals surface area contributed by atoms with Crippen molar-refractivity contribution in [3.63, 3.8) is 0 Å². The quantitative estimate of drug-likeness (QED) is 0.251. The Kier molecular flexibility index (Phi) is 10.3. The minimum absolute atomic E-state index is 0.180. The summed E-state index contributed by atoms with van der Waals surface area (Å²) in [5.41, 5.74) is 2.85. The van der Waals surface area contributed by atoms with Gasteiger partial charge in [0.25, 0.3) is 5.91 Å². The number of hydrogen-bond donors (Lipinski definition) is 1. The van der Waals surface area contributed by atoms with Crippen LogP contribution in [0.1, 0.15) is 34.3 Å². The summed E-state index contributed by atoms with van der Waals surface area (Å²) < 4.78 is 26.7. The fourth-order valence-corrected chi connectivity index (χ4v) is 5.66. The molecule has 1 aliphatic heterocycles. The predicted molar refractivity (Wildman–Crippen MR) is 165 cm³/mol. The normalized spacial score (nSPS) is 14.3. The molecule has 224 valence electrons. The Hall–Kier alpha value is -4.39. The second-order valence-electron chi connectivity index (χ2n) is 10.7. The first kappa shape index (κ1) is 30.1. The van der Waals surface area contributed by atoms with Crippen LogP contribution >= 0.6 is 0 Å². The second-order valence-corrected chi connectivity index (χ2v) is 10.7. The molecule has 0 unspecified atom stereocenters. The number of halogens is 1. The lowest BCUT2D eigenvalue weighted by atomic mass is 10.1. The Morgan fingerprint density at radius 3 is 2.49 bits per heavy atom. The molecule has 1 N–H and O–H groups in total. The number of benzene rings is 3. The van der Waals surface area contributed by atoms with Crippen molar-refractivity contribution < 1.29 is 18.7 Å². The maximum Gasteiger partial charge on any atom is 0.253 e. The number of para-hydroxylation sites is 1. The van der Waals surface area contributed by atoms with Crippen LogP contribution in [0.2, 0.25) is 0 Å². The maximum absolute atomic E-state index is 13.3. The summed E-state index contributed by atoms with van der Waals surface area (Å²) in [7, 11) is 1.65. The highest BCUT2D eigenvalue weighted by Crippen LogP contribution is 2.30. The lowest BCUT2D eigenvalue weighted by molar-refractivity contribution is 0.0952. The van der Waals surface area contributed by atoms with E-state index < -0.39 is 0 Å². The van der Waals surface area contributed by atoms with Gasteiger partial charge in [-0.1, -0.05) is 30.3 Å². The standard InChI is InChI=1S/C34H38FN5O3/c1-42-32-10-4-9-30-31(34(41)37-24-27-8-3-2-7-26(27)23-36)25-40(33(30)32)18-6-17-38-15-5-16-39(20-19-38)21-22-43-29-13-11-28(35)12-14-29/h2-4,7-14,25H,5-6,15-22,24H2,1H3,(H,37,41).